The van der Waals surface area contributed by atoms with E-state index in [0.717, 1.165) is 6.07 Å². The Morgan fingerprint density at radius 2 is 1.79 bits per heavy atom. The second-order valence-corrected chi connectivity index (χ2v) is 6.18. The second-order valence-electron chi connectivity index (χ2n) is 6.18. The number of benzene rings is 2. The largest absolute Gasteiger partial charge is 0.488 e. The zero-order valence-electron chi connectivity index (χ0n) is 15.8. The molecule has 0 spiro atoms. The average Bonchev–Trinajstić information content (AvgIpc) is 2.70. The minimum atomic E-state index is -2.56. The maximum atomic E-state index is 13.5. The van der Waals surface area contributed by atoms with Gasteiger partial charge in [0.2, 0.25) is 0 Å². The molecule has 0 fully saturated rings. The van der Waals surface area contributed by atoms with Crippen LogP contribution in [0.2, 0.25) is 0 Å². The molecule has 2 aromatic rings. The number of carbonyl (C=O) groups excluding carboxylic acids is 2. The Labute approximate surface area is 166 Å². The van der Waals surface area contributed by atoms with Gasteiger partial charge in [0.25, 0.3) is 12.3 Å². The predicted octanol–water partition coefficient (Wildman–Crippen LogP) is 3.01. The molecule has 2 rings (SSSR count). The van der Waals surface area contributed by atoms with Crippen molar-refractivity contribution in [2.45, 2.75) is 19.9 Å². The van der Waals surface area contributed by atoms with Crippen LogP contribution in [0.4, 0.5) is 18.0 Å². The summed E-state index contributed by atoms with van der Waals surface area (Å²) in [6.07, 6.45) is -2.56. The molecule has 0 bridgehead atoms. The summed E-state index contributed by atoms with van der Waals surface area (Å²) in [7, 11) is 0. The molecule has 0 unspecified atom stereocenters. The van der Waals surface area contributed by atoms with Crippen molar-refractivity contribution in [3.05, 3.63) is 65.0 Å². The highest BCUT2D eigenvalue weighted by Gasteiger charge is 2.08. The van der Waals surface area contributed by atoms with Crippen molar-refractivity contribution < 1.29 is 27.5 Å². The molecule has 0 aliphatic carbocycles. The Morgan fingerprint density at radius 3 is 2.52 bits per heavy atom. The molecule has 0 saturated carbocycles. The Morgan fingerprint density at radius 1 is 1.03 bits per heavy atom. The normalized spacial score (nSPS) is 10.5. The highest BCUT2D eigenvalue weighted by atomic mass is 19.3. The van der Waals surface area contributed by atoms with Gasteiger partial charge in [0.15, 0.2) is 0 Å². The van der Waals surface area contributed by atoms with Crippen LogP contribution in [0.3, 0.4) is 0 Å². The van der Waals surface area contributed by atoms with Crippen LogP contribution in [-0.4, -0.2) is 38.1 Å². The lowest BCUT2D eigenvalue weighted by Crippen LogP contribution is -2.40. The number of halogens is 3. The van der Waals surface area contributed by atoms with Crippen LogP contribution < -0.4 is 20.7 Å². The Balaban J connectivity index is 1.67. The summed E-state index contributed by atoms with van der Waals surface area (Å²) in [4.78, 5) is 23.7. The first-order valence-corrected chi connectivity index (χ1v) is 8.91. The zero-order chi connectivity index (χ0) is 21.2. The smallest absolute Gasteiger partial charge is 0.315 e. The van der Waals surface area contributed by atoms with Gasteiger partial charge in [-0.1, -0.05) is 18.2 Å². The molecule has 0 aliphatic heterocycles. The number of carbonyl (C=O) groups is 2. The third-order valence-electron chi connectivity index (χ3n) is 3.86. The van der Waals surface area contributed by atoms with E-state index in [9.17, 15) is 22.8 Å². The molecule has 9 heteroatoms. The lowest BCUT2D eigenvalue weighted by atomic mass is 10.1. The van der Waals surface area contributed by atoms with E-state index in [1.807, 2.05) is 0 Å². The minimum absolute atomic E-state index is 0.165. The number of rotatable bonds is 9. The molecule has 156 valence electrons. The van der Waals surface area contributed by atoms with Gasteiger partial charge < -0.3 is 20.7 Å². The summed E-state index contributed by atoms with van der Waals surface area (Å²) >= 11 is 0. The topological polar surface area (TPSA) is 79.5 Å². The van der Waals surface area contributed by atoms with E-state index in [1.165, 1.54) is 12.1 Å². The zero-order valence-corrected chi connectivity index (χ0v) is 15.8. The van der Waals surface area contributed by atoms with E-state index in [4.69, 9.17) is 4.74 Å². The number of hydrogen-bond donors (Lipinski definition) is 3. The molecule has 0 aliphatic rings. The highest BCUT2D eigenvalue weighted by Crippen LogP contribution is 2.14. The van der Waals surface area contributed by atoms with Crippen molar-refractivity contribution in [2.24, 2.45) is 0 Å². The molecule has 0 radical (unpaired) electrons. The first-order chi connectivity index (χ1) is 13.8. The van der Waals surface area contributed by atoms with Crippen molar-refractivity contribution in [2.75, 3.05) is 19.7 Å². The molecule has 3 amide bonds. The van der Waals surface area contributed by atoms with Gasteiger partial charge >= 0.3 is 6.03 Å². The van der Waals surface area contributed by atoms with Gasteiger partial charge in [-0.15, -0.1) is 0 Å². The maximum Gasteiger partial charge on any atom is 0.315 e. The fraction of sp³-hybridized carbons (Fsp3) is 0.300. The van der Waals surface area contributed by atoms with Crippen molar-refractivity contribution in [3.8, 4) is 5.75 Å². The predicted molar refractivity (Wildman–Crippen MR) is 102 cm³/mol. The Hall–Kier alpha value is -3.23. The Bertz CT molecular complexity index is 847. The third kappa shape index (κ3) is 7.73. The first kappa shape index (κ1) is 22.1. The van der Waals surface area contributed by atoms with Crippen LogP contribution in [0.25, 0.3) is 0 Å². The molecule has 2 aromatic carbocycles. The van der Waals surface area contributed by atoms with Gasteiger partial charge in [0.1, 0.15) is 18.2 Å². The molecule has 29 heavy (non-hydrogen) atoms. The number of aryl methyl sites for hydroxylation is 1. The maximum absolute atomic E-state index is 13.5. The fourth-order valence-electron chi connectivity index (χ4n) is 2.34. The molecule has 6 nitrogen and oxygen atoms in total. The molecule has 0 saturated heterocycles. The van der Waals surface area contributed by atoms with Crippen molar-refractivity contribution in [3.63, 3.8) is 0 Å². The summed E-state index contributed by atoms with van der Waals surface area (Å²) in [5.41, 5.74) is 1.33. The monoisotopic (exact) mass is 409 g/mol. The fourth-order valence-corrected chi connectivity index (χ4v) is 2.34. The number of ether oxygens (including phenoxy) is 1. The molecular formula is C20H22F3N3O3. The summed E-state index contributed by atoms with van der Waals surface area (Å²) in [6, 6.07) is 10.2. The van der Waals surface area contributed by atoms with E-state index < -0.39 is 30.8 Å². The van der Waals surface area contributed by atoms with Crippen molar-refractivity contribution in [1.82, 2.24) is 16.0 Å². The van der Waals surface area contributed by atoms with Crippen LogP contribution in [0.15, 0.2) is 42.5 Å². The van der Waals surface area contributed by atoms with E-state index in [-0.39, 0.29) is 25.2 Å². The number of nitrogens with one attached hydrogen (secondary N) is 3. The standard InChI is InChI=1S/C20H22F3N3O3/c1-13-5-6-15(10-17(13)21)19(27)24-7-8-25-20(28)26-11-14-3-2-4-16(9-14)29-12-18(22)23/h2-6,9-10,18H,7-8,11-12H2,1H3,(H,24,27)(H2,25,26,28). The van der Waals surface area contributed by atoms with Crippen LogP contribution in [0.5, 0.6) is 5.75 Å². The molecule has 3 N–H and O–H groups in total. The summed E-state index contributed by atoms with van der Waals surface area (Å²) in [6.45, 7) is 1.42. The molecule has 0 heterocycles. The van der Waals surface area contributed by atoms with Crippen LogP contribution >= 0.6 is 0 Å². The number of alkyl halides is 2. The van der Waals surface area contributed by atoms with Gasteiger partial charge in [-0.05, 0) is 42.3 Å². The van der Waals surface area contributed by atoms with Crippen LogP contribution in [0, 0.1) is 12.7 Å². The first-order valence-electron chi connectivity index (χ1n) is 8.91. The summed E-state index contributed by atoms with van der Waals surface area (Å²) in [5.74, 6) is -0.606. The van der Waals surface area contributed by atoms with E-state index in [0.29, 0.717) is 16.9 Å². The lowest BCUT2D eigenvalue weighted by molar-refractivity contribution is 0.0818. The van der Waals surface area contributed by atoms with Gasteiger partial charge in [-0.3, -0.25) is 4.79 Å². The summed E-state index contributed by atoms with van der Waals surface area (Å²) < 4.78 is 42.7. The number of amides is 3. The quantitative estimate of drug-likeness (QED) is 0.557. The van der Waals surface area contributed by atoms with Crippen molar-refractivity contribution >= 4 is 11.9 Å². The number of hydrogen-bond acceptors (Lipinski definition) is 3. The minimum Gasteiger partial charge on any atom is -0.488 e. The number of urea groups is 1. The average molecular weight is 409 g/mol. The SMILES string of the molecule is Cc1ccc(C(=O)NCCNC(=O)NCc2cccc(OCC(F)F)c2)cc1F. The van der Waals surface area contributed by atoms with Gasteiger partial charge in [0.05, 0.1) is 0 Å². The lowest BCUT2D eigenvalue weighted by Gasteiger charge is -2.10. The van der Waals surface area contributed by atoms with Crippen molar-refractivity contribution in [1.29, 1.82) is 0 Å². The highest BCUT2D eigenvalue weighted by molar-refractivity contribution is 5.94. The van der Waals surface area contributed by atoms with Crippen LogP contribution in [-0.2, 0) is 6.54 Å². The van der Waals surface area contributed by atoms with E-state index in [2.05, 4.69) is 16.0 Å². The van der Waals surface area contributed by atoms with Gasteiger partial charge in [0, 0.05) is 25.2 Å². The molecular weight excluding hydrogens is 387 g/mol. The molecule has 0 atom stereocenters. The van der Waals surface area contributed by atoms with E-state index in [1.54, 1.807) is 31.2 Å². The summed E-state index contributed by atoms with van der Waals surface area (Å²) in [5, 5.41) is 7.75. The third-order valence-corrected chi connectivity index (χ3v) is 3.86. The van der Waals surface area contributed by atoms with Crippen LogP contribution in [0.1, 0.15) is 21.5 Å². The van der Waals surface area contributed by atoms with E-state index >= 15 is 0 Å². The second kappa shape index (κ2) is 10.9. The molecule has 0 aromatic heterocycles. The van der Waals surface area contributed by atoms with Gasteiger partial charge in [-0.25, -0.2) is 18.0 Å². The van der Waals surface area contributed by atoms with Gasteiger partial charge in [-0.2, -0.15) is 0 Å². The Kier molecular flexibility index (Phi) is 8.32.